The SMILES string of the molecule is NCc1cn2ccccc2c1-c1cccc(F)c1. The predicted octanol–water partition coefficient (Wildman–Crippen LogP) is 3.20. The van der Waals surface area contributed by atoms with Crippen LogP contribution in [0.3, 0.4) is 0 Å². The van der Waals surface area contributed by atoms with E-state index < -0.39 is 0 Å². The number of halogens is 1. The van der Waals surface area contributed by atoms with Crippen LogP contribution in [0.5, 0.6) is 0 Å². The molecule has 2 N–H and O–H groups in total. The molecular weight excluding hydrogens is 227 g/mol. The van der Waals surface area contributed by atoms with E-state index >= 15 is 0 Å². The van der Waals surface area contributed by atoms with Gasteiger partial charge in [0.2, 0.25) is 0 Å². The summed E-state index contributed by atoms with van der Waals surface area (Å²) in [6, 6.07) is 12.6. The second-order valence-corrected chi connectivity index (χ2v) is 4.24. The monoisotopic (exact) mass is 240 g/mol. The number of hydrogen-bond acceptors (Lipinski definition) is 1. The van der Waals surface area contributed by atoms with Crippen LogP contribution < -0.4 is 5.73 Å². The Morgan fingerprint density at radius 2 is 2.00 bits per heavy atom. The number of hydrogen-bond donors (Lipinski definition) is 1. The molecule has 2 aromatic heterocycles. The van der Waals surface area contributed by atoms with Crippen molar-refractivity contribution >= 4 is 5.52 Å². The first-order valence-electron chi connectivity index (χ1n) is 5.84. The molecule has 0 bridgehead atoms. The fourth-order valence-electron chi connectivity index (χ4n) is 2.31. The normalized spacial score (nSPS) is 11.0. The maximum Gasteiger partial charge on any atom is 0.123 e. The summed E-state index contributed by atoms with van der Waals surface area (Å²) in [5.74, 6) is -0.231. The van der Waals surface area contributed by atoms with Gasteiger partial charge in [0.05, 0.1) is 5.52 Å². The lowest BCUT2D eigenvalue weighted by molar-refractivity contribution is 0.628. The van der Waals surface area contributed by atoms with Gasteiger partial charge in [0.15, 0.2) is 0 Å². The van der Waals surface area contributed by atoms with Crippen LogP contribution in [0.25, 0.3) is 16.6 Å². The van der Waals surface area contributed by atoms with Crippen molar-refractivity contribution < 1.29 is 4.39 Å². The molecule has 0 atom stereocenters. The molecular formula is C15H13FN2. The van der Waals surface area contributed by atoms with Gasteiger partial charge < -0.3 is 10.1 Å². The van der Waals surface area contributed by atoms with Crippen molar-refractivity contribution in [3.8, 4) is 11.1 Å². The molecule has 0 radical (unpaired) electrons. The van der Waals surface area contributed by atoms with Crippen molar-refractivity contribution in [2.45, 2.75) is 6.54 Å². The molecule has 2 heterocycles. The number of nitrogens with zero attached hydrogens (tertiary/aromatic N) is 1. The third kappa shape index (κ3) is 1.69. The first-order valence-corrected chi connectivity index (χ1v) is 5.84. The zero-order chi connectivity index (χ0) is 12.5. The molecule has 0 amide bonds. The summed E-state index contributed by atoms with van der Waals surface area (Å²) in [7, 11) is 0. The number of aromatic nitrogens is 1. The Morgan fingerprint density at radius 3 is 2.78 bits per heavy atom. The van der Waals surface area contributed by atoms with Crippen LogP contribution in [0.1, 0.15) is 5.56 Å². The number of benzene rings is 1. The van der Waals surface area contributed by atoms with Gasteiger partial charge in [0.1, 0.15) is 5.82 Å². The number of rotatable bonds is 2. The van der Waals surface area contributed by atoms with E-state index in [1.807, 2.05) is 41.1 Å². The highest BCUT2D eigenvalue weighted by Gasteiger charge is 2.11. The standard InChI is InChI=1S/C15H13FN2/c16-13-5-3-4-11(8-13)15-12(9-17)10-18-7-2-1-6-14(15)18/h1-8,10H,9,17H2. The van der Waals surface area contributed by atoms with Gasteiger partial charge in [0.25, 0.3) is 0 Å². The molecule has 0 aliphatic rings. The maximum absolute atomic E-state index is 13.4. The maximum atomic E-state index is 13.4. The largest absolute Gasteiger partial charge is 0.326 e. The molecule has 0 saturated carbocycles. The predicted molar refractivity (Wildman–Crippen MR) is 70.7 cm³/mol. The van der Waals surface area contributed by atoms with Crippen LogP contribution in [-0.4, -0.2) is 4.40 Å². The fraction of sp³-hybridized carbons (Fsp3) is 0.0667. The van der Waals surface area contributed by atoms with Crippen molar-refractivity contribution in [1.29, 1.82) is 0 Å². The average Bonchev–Trinajstić information content (AvgIpc) is 2.77. The summed E-state index contributed by atoms with van der Waals surface area (Å²) < 4.78 is 15.4. The molecule has 18 heavy (non-hydrogen) atoms. The van der Waals surface area contributed by atoms with Gasteiger partial charge in [0, 0.05) is 24.5 Å². The summed E-state index contributed by atoms with van der Waals surface area (Å²) in [5.41, 5.74) is 9.72. The zero-order valence-electron chi connectivity index (χ0n) is 9.81. The van der Waals surface area contributed by atoms with Crippen LogP contribution in [0, 0.1) is 5.82 Å². The minimum absolute atomic E-state index is 0.231. The van der Waals surface area contributed by atoms with Crippen molar-refractivity contribution in [3.05, 3.63) is 66.2 Å². The van der Waals surface area contributed by atoms with Crippen LogP contribution >= 0.6 is 0 Å². The quantitative estimate of drug-likeness (QED) is 0.732. The summed E-state index contributed by atoms with van der Waals surface area (Å²) in [4.78, 5) is 0. The van der Waals surface area contributed by atoms with Crippen molar-refractivity contribution in [2.75, 3.05) is 0 Å². The van der Waals surface area contributed by atoms with E-state index in [1.165, 1.54) is 6.07 Å². The van der Waals surface area contributed by atoms with E-state index in [-0.39, 0.29) is 5.82 Å². The van der Waals surface area contributed by atoms with Gasteiger partial charge in [-0.1, -0.05) is 18.2 Å². The Labute approximate surface area is 104 Å². The number of nitrogens with two attached hydrogens (primary N) is 1. The van der Waals surface area contributed by atoms with Gasteiger partial charge in [-0.05, 0) is 35.4 Å². The molecule has 3 aromatic rings. The average molecular weight is 240 g/mol. The molecule has 0 aliphatic carbocycles. The summed E-state index contributed by atoms with van der Waals surface area (Å²) in [5, 5.41) is 0. The highest BCUT2D eigenvalue weighted by Crippen LogP contribution is 2.30. The van der Waals surface area contributed by atoms with Gasteiger partial charge in [-0.15, -0.1) is 0 Å². The molecule has 3 rings (SSSR count). The molecule has 90 valence electrons. The van der Waals surface area contributed by atoms with E-state index in [9.17, 15) is 4.39 Å². The third-order valence-corrected chi connectivity index (χ3v) is 3.10. The van der Waals surface area contributed by atoms with Crippen molar-refractivity contribution in [2.24, 2.45) is 5.73 Å². The van der Waals surface area contributed by atoms with Crippen LogP contribution in [0.2, 0.25) is 0 Å². The Hall–Kier alpha value is -2.13. The zero-order valence-corrected chi connectivity index (χ0v) is 9.81. The van der Waals surface area contributed by atoms with E-state index in [0.717, 1.165) is 22.2 Å². The molecule has 2 nitrogen and oxygen atoms in total. The van der Waals surface area contributed by atoms with Gasteiger partial charge in [-0.2, -0.15) is 0 Å². The Morgan fingerprint density at radius 1 is 1.11 bits per heavy atom. The first-order chi connectivity index (χ1) is 8.79. The lowest BCUT2D eigenvalue weighted by Crippen LogP contribution is -1.96. The van der Waals surface area contributed by atoms with Gasteiger partial charge >= 0.3 is 0 Å². The summed E-state index contributed by atoms with van der Waals surface area (Å²) in [6.07, 6.45) is 3.97. The Bertz CT molecular complexity index is 701. The van der Waals surface area contributed by atoms with Crippen molar-refractivity contribution in [3.63, 3.8) is 0 Å². The second kappa shape index (κ2) is 4.27. The minimum atomic E-state index is -0.231. The molecule has 1 aromatic carbocycles. The van der Waals surface area contributed by atoms with E-state index in [4.69, 9.17) is 5.73 Å². The van der Waals surface area contributed by atoms with E-state index in [2.05, 4.69) is 0 Å². The smallest absolute Gasteiger partial charge is 0.123 e. The lowest BCUT2D eigenvalue weighted by atomic mass is 10.0. The molecule has 0 saturated heterocycles. The van der Waals surface area contributed by atoms with Crippen LogP contribution in [-0.2, 0) is 6.54 Å². The second-order valence-electron chi connectivity index (χ2n) is 4.24. The molecule has 0 spiro atoms. The summed E-state index contributed by atoms with van der Waals surface area (Å²) >= 11 is 0. The van der Waals surface area contributed by atoms with Gasteiger partial charge in [-0.25, -0.2) is 4.39 Å². The van der Waals surface area contributed by atoms with Crippen LogP contribution in [0.15, 0.2) is 54.9 Å². The first kappa shape index (κ1) is 11.0. The fourth-order valence-corrected chi connectivity index (χ4v) is 2.31. The lowest BCUT2D eigenvalue weighted by Gasteiger charge is -2.03. The van der Waals surface area contributed by atoms with Gasteiger partial charge in [-0.3, -0.25) is 0 Å². The highest BCUT2D eigenvalue weighted by molar-refractivity contribution is 5.84. The molecule has 0 fully saturated rings. The van der Waals surface area contributed by atoms with E-state index in [1.54, 1.807) is 12.1 Å². The van der Waals surface area contributed by atoms with Crippen molar-refractivity contribution in [1.82, 2.24) is 4.40 Å². The molecule has 0 aliphatic heterocycles. The summed E-state index contributed by atoms with van der Waals surface area (Å²) in [6.45, 7) is 0.438. The third-order valence-electron chi connectivity index (χ3n) is 3.10. The number of fused-ring (bicyclic) bond motifs is 1. The molecule has 0 unspecified atom stereocenters. The van der Waals surface area contributed by atoms with E-state index in [0.29, 0.717) is 6.54 Å². The minimum Gasteiger partial charge on any atom is -0.326 e. The Kier molecular flexibility index (Phi) is 2.61. The molecule has 3 heteroatoms. The van der Waals surface area contributed by atoms with Crippen LogP contribution in [0.4, 0.5) is 4.39 Å². The number of pyridine rings is 1. The topological polar surface area (TPSA) is 30.4 Å². The Balaban J connectivity index is 2.33. The highest BCUT2D eigenvalue weighted by atomic mass is 19.1.